The second-order valence-corrected chi connectivity index (χ2v) is 5.34. The van der Waals surface area contributed by atoms with Crippen LogP contribution in [0.5, 0.6) is 0 Å². The van der Waals surface area contributed by atoms with E-state index in [-0.39, 0.29) is 5.02 Å². The van der Waals surface area contributed by atoms with Crippen molar-refractivity contribution in [1.82, 2.24) is 15.1 Å². The molecule has 0 radical (unpaired) electrons. The second kappa shape index (κ2) is 6.81. The van der Waals surface area contributed by atoms with Crippen molar-refractivity contribution in [2.75, 3.05) is 7.11 Å². The minimum absolute atomic E-state index is 0.259. The number of hydrogen-bond acceptors (Lipinski definition) is 4. The molecule has 0 saturated heterocycles. The maximum atomic E-state index is 12.2. The standard InChI is InChI=1S/C14H13Cl2N3O3/c1-19-7-8(6-17-19)13(20)18-12(14(21)22-2)10-4-3-9(15)5-11(10)16/h3-7,12H,1-2H3,(H,18,20). The summed E-state index contributed by atoms with van der Waals surface area (Å²) in [6, 6.07) is 3.59. The highest BCUT2D eigenvalue weighted by atomic mass is 35.5. The minimum Gasteiger partial charge on any atom is -0.467 e. The van der Waals surface area contributed by atoms with Gasteiger partial charge >= 0.3 is 5.97 Å². The molecule has 2 aromatic rings. The molecule has 1 atom stereocenters. The highest BCUT2D eigenvalue weighted by molar-refractivity contribution is 6.35. The Balaban J connectivity index is 2.30. The summed E-state index contributed by atoms with van der Waals surface area (Å²) in [5, 5.41) is 7.17. The van der Waals surface area contributed by atoms with Crippen LogP contribution >= 0.6 is 23.2 Å². The fraction of sp³-hybridized carbons (Fsp3) is 0.214. The number of rotatable bonds is 4. The monoisotopic (exact) mass is 341 g/mol. The van der Waals surface area contributed by atoms with E-state index in [1.165, 1.54) is 30.3 Å². The van der Waals surface area contributed by atoms with Gasteiger partial charge in [-0.1, -0.05) is 29.3 Å². The Bertz CT molecular complexity index is 715. The molecule has 0 saturated carbocycles. The van der Waals surface area contributed by atoms with Gasteiger partial charge in [0.2, 0.25) is 0 Å². The van der Waals surface area contributed by atoms with Gasteiger partial charge in [-0.25, -0.2) is 4.79 Å². The van der Waals surface area contributed by atoms with Gasteiger partial charge in [0.15, 0.2) is 6.04 Å². The second-order valence-electron chi connectivity index (χ2n) is 4.50. The number of carbonyl (C=O) groups is 2. The van der Waals surface area contributed by atoms with Crippen molar-refractivity contribution >= 4 is 35.1 Å². The lowest BCUT2D eigenvalue weighted by atomic mass is 10.1. The Kier molecular flexibility index (Phi) is 5.05. The summed E-state index contributed by atoms with van der Waals surface area (Å²) in [4.78, 5) is 24.2. The van der Waals surface area contributed by atoms with Gasteiger partial charge in [-0.2, -0.15) is 5.10 Å². The predicted molar refractivity (Wildman–Crippen MR) is 81.9 cm³/mol. The van der Waals surface area contributed by atoms with Crippen LogP contribution in [-0.2, 0) is 16.6 Å². The van der Waals surface area contributed by atoms with E-state index in [9.17, 15) is 9.59 Å². The number of aromatic nitrogens is 2. The first-order valence-electron chi connectivity index (χ1n) is 6.24. The number of nitrogens with one attached hydrogen (secondary N) is 1. The van der Waals surface area contributed by atoms with Crippen LogP contribution < -0.4 is 5.32 Å². The number of aryl methyl sites for hydroxylation is 1. The van der Waals surface area contributed by atoms with Gasteiger partial charge in [-0.3, -0.25) is 9.48 Å². The number of carbonyl (C=O) groups excluding carboxylic acids is 2. The SMILES string of the molecule is COC(=O)C(NC(=O)c1cnn(C)c1)c1ccc(Cl)cc1Cl. The summed E-state index contributed by atoms with van der Waals surface area (Å²) in [5.74, 6) is -1.10. The number of nitrogens with zero attached hydrogens (tertiary/aromatic N) is 2. The summed E-state index contributed by atoms with van der Waals surface area (Å²) >= 11 is 11.9. The number of halogens is 2. The molecule has 1 unspecified atom stereocenters. The smallest absolute Gasteiger partial charge is 0.333 e. The Labute approximate surface area is 137 Å². The molecule has 6 nitrogen and oxygen atoms in total. The first kappa shape index (κ1) is 16.3. The third-order valence-corrected chi connectivity index (χ3v) is 3.52. The molecule has 1 heterocycles. The molecule has 0 fully saturated rings. The largest absolute Gasteiger partial charge is 0.467 e. The van der Waals surface area contributed by atoms with Crippen LogP contribution in [0.1, 0.15) is 22.0 Å². The van der Waals surface area contributed by atoms with Crippen molar-refractivity contribution in [3.8, 4) is 0 Å². The van der Waals surface area contributed by atoms with Crippen LogP contribution in [0.3, 0.4) is 0 Å². The number of hydrogen-bond donors (Lipinski definition) is 1. The molecular formula is C14H13Cl2N3O3. The molecule has 0 bridgehead atoms. The van der Waals surface area contributed by atoms with E-state index in [2.05, 4.69) is 10.4 Å². The number of methoxy groups -OCH3 is 1. The number of ether oxygens (including phenoxy) is 1. The van der Waals surface area contributed by atoms with Crippen LogP contribution in [0.15, 0.2) is 30.6 Å². The summed E-state index contributed by atoms with van der Waals surface area (Å²) in [6.45, 7) is 0. The molecule has 0 spiro atoms. The van der Waals surface area contributed by atoms with Crippen LogP contribution in [0.25, 0.3) is 0 Å². The third kappa shape index (κ3) is 3.58. The Morgan fingerprint density at radius 3 is 2.64 bits per heavy atom. The van der Waals surface area contributed by atoms with Crippen molar-refractivity contribution in [3.63, 3.8) is 0 Å². The van der Waals surface area contributed by atoms with Gasteiger partial charge in [0.25, 0.3) is 5.91 Å². The fourth-order valence-corrected chi connectivity index (χ4v) is 2.39. The Morgan fingerprint density at radius 1 is 1.36 bits per heavy atom. The van der Waals surface area contributed by atoms with Gasteiger partial charge in [-0.05, 0) is 12.1 Å². The van der Waals surface area contributed by atoms with E-state index in [4.69, 9.17) is 27.9 Å². The van der Waals surface area contributed by atoms with Gasteiger partial charge < -0.3 is 10.1 Å². The van der Waals surface area contributed by atoms with E-state index in [0.29, 0.717) is 16.1 Å². The molecule has 2 rings (SSSR count). The third-order valence-electron chi connectivity index (χ3n) is 2.95. The maximum Gasteiger partial charge on any atom is 0.333 e. The zero-order chi connectivity index (χ0) is 16.3. The molecule has 0 aliphatic carbocycles. The summed E-state index contributed by atoms with van der Waals surface area (Å²) in [7, 11) is 2.92. The van der Waals surface area contributed by atoms with Crippen LogP contribution in [0.4, 0.5) is 0 Å². The van der Waals surface area contributed by atoms with E-state index < -0.39 is 17.9 Å². The first-order chi connectivity index (χ1) is 10.4. The molecular weight excluding hydrogens is 329 g/mol. The van der Waals surface area contributed by atoms with Crippen molar-refractivity contribution in [2.45, 2.75) is 6.04 Å². The van der Waals surface area contributed by atoms with Crippen molar-refractivity contribution in [1.29, 1.82) is 0 Å². The van der Waals surface area contributed by atoms with E-state index in [1.54, 1.807) is 19.2 Å². The molecule has 0 aliphatic heterocycles. The highest BCUT2D eigenvalue weighted by Crippen LogP contribution is 2.27. The molecule has 1 N–H and O–H groups in total. The molecule has 1 aromatic carbocycles. The first-order valence-corrected chi connectivity index (χ1v) is 7.00. The lowest BCUT2D eigenvalue weighted by Crippen LogP contribution is -2.34. The normalized spacial score (nSPS) is 11.8. The molecule has 8 heteroatoms. The van der Waals surface area contributed by atoms with Gasteiger partial charge in [-0.15, -0.1) is 0 Å². The van der Waals surface area contributed by atoms with Crippen molar-refractivity contribution in [2.24, 2.45) is 7.05 Å². The number of esters is 1. The summed E-state index contributed by atoms with van der Waals surface area (Å²) < 4.78 is 6.21. The zero-order valence-electron chi connectivity index (χ0n) is 11.8. The molecule has 1 aromatic heterocycles. The predicted octanol–water partition coefficient (Wildman–Crippen LogP) is 2.37. The minimum atomic E-state index is -1.04. The van der Waals surface area contributed by atoms with Crippen molar-refractivity contribution in [3.05, 3.63) is 51.8 Å². The summed E-state index contributed by atoms with van der Waals surface area (Å²) in [6.07, 6.45) is 2.93. The van der Waals surface area contributed by atoms with E-state index in [1.807, 2.05) is 0 Å². The lowest BCUT2D eigenvalue weighted by molar-refractivity contribution is -0.143. The lowest BCUT2D eigenvalue weighted by Gasteiger charge is -2.17. The molecule has 0 aliphatic rings. The van der Waals surface area contributed by atoms with Crippen LogP contribution in [-0.4, -0.2) is 28.8 Å². The topological polar surface area (TPSA) is 73.2 Å². The number of benzene rings is 1. The Morgan fingerprint density at radius 2 is 2.09 bits per heavy atom. The number of amides is 1. The van der Waals surface area contributed by atoms with E-state index >= 15 is 0 Å². The summed E-state index contributed by atoms with van der Waals surface area (Å²) in [5.41, 5.74) is 0.719. The van der Waals surface area contributed by atoms with Crippen molar-refractivity contribution < 1.29 is 14.3 Å². The van der Waals surface area contributed by atoms with E-state index in [0.717, 1.165) is 0 Å². The molecule has 1 amide bonds. The Hall–Kier alpha value is -2.05. The average Bonchev–Trinajstić information content (AvgIpc) is 2.91. The maximum absolute atomic E-state index is 12.2. The molecule has 22 heavy (non-hydrogen) atoms. The fourth-order valence-electron chi connectivity index (χ4n) is 1.87. The molecule has 116 valence electrons. The van der Waals surface area contributed by atoms with Crippen LogP contribution in [0, 0.1) is 0 Å². The zero-order valence-corrected chi connectivity index (χ0v) is 13.4. The average molecular weight is 342 g/mol. The van der Waals surface area contributed by atoms with Gasteiger partial charge in [0.05, 0.1) is 18.9 Å². The highest BCUT2D eigenvalue weighted by Gasteiger charge is 2.26. The van der Waals surface area contributed by atoms with Crippen LogP contribution in [0.2, 0.25) is 10.0 Å². The van der Waals surface area contributed by atoms with Gasteiger partial charge in [0.1, 0.15) is 0 Å². The quantitative estimate of drug-likeness (QED) is 0.866. The van der Waals surface area contributed by atoms with Gasteiger partial charge in [0, 0.05) is 28.9 Å².